The third kappa shape index (κ3) is 4.32. The molecule has 0 aromatic heterocycles. The summed E-state index contributed by atoms with van der Waals surface area (Å²) in [6.07, 6.45) is 7.50. The van der Waals surface area contributed by atoms with Gasteiger partial charge in [-0.1, -0.05) is 66.6 Å². The van der Waals surface area contributed by atoms with Gasteiger partial charge in [0.15, 0.2) is 0 Å². The Kier molecular flexibility index (Phi) is 5.25. The molecular weight excluding hydrogens is 282 g/mol. The number of hydrogen-bond acceptors (Lipinski definition) is 1. The SMILES string of the molecule is O=C(Nc1ccccc1)C1CCCCC1=CCc1ccccc1. The van der Waals surface area contributed by atoms with Gasteiger partial charge in [-0.15, -0.1) is 0 Å². The second-order valence-corrected chi connectivity index (χ2v) is 6.12. The maximum Gasteiger partial charge on any atom is 0.231 e. The molecule has 0 aliphatic heterocycles. The number of nitrogens with one attached hydrogen (secondary N) is 1. The zero-order chi connectivity index (χ0) is 15.9. The number of amides is 1. The Morgan fingerprint density at radius 1 is 1.00 bits per heavy atom. The molecule has 1 saturated carbocycles. The largest absolute Gasteiger partial charge is 0.326 e. The topological polar surface area (TPSA) is 29.1 Å². The summed E-state index contributed by atoms with van der Waals surface area (Å²) in [6.45, 7) is 0. The molecule has 118 valence electrons. The molecule has 0 spiro atoms. The van der Waals surface area contributed by atoms with Gasteiger partial charge in [0.25, 0.3) is 0 Å². The van der Waals surface area contributed by atoms with Gasteiger partial charge in [0.1, 0.15) is 0 Å². The summed E-state index contributed by atoms with van der Waals surface area (Å²) in [5, 5.41) is 3.06. The molecule has 2 aromatic rings. The fraction of sp³-hybridized carbons (Fsp3) is 0.286. The smallest absolute Gasteiger partial charge is 0.231 e. The highest BCUT2D eigenvalue weighted by atomic mass is 16.1. The minimum absolute atomic E-state index is 0.0210. The monoisotopic (exact) mass is 305 g/mol. The molecule has 1 N–H and O–H groups in total. The van der Waals surface area contributed by atoms with Crippen LogP contribution in [0.4, 0.5) is 5.69 Å². The van der Waals surface area contributed by atoms with Gasteiger partial charge in [-0.05, 0) is 43.4 Å². The minimum atomic E-state index is 0.0210. The fourth-order valence-electron chi connectivity index (χ4n) is 3.19. The van der Waals surface area contributed by atoms with Crippen LogP contribution in [0.25, 0.3) is 0 Å². The summed E-state index contributed by atoms with van der Waals surface area (Å²) >= 11 is 0. The lowest BCUT2D eigenvalue weighted by Crippen LogP contribution is -2.26. The third-order valence-corrected chi connectivity index (χ3v) is 4.46. The van der Waals surface area contributed by atoms with Crippen LogP contribution in [0, 0.1) is 5.92 Å². The number of carbonyl (C=O) groups is 1. The summed E-state index contributed by atoms with van der Waals surface area (Å²) in [7, 11) is 0. The van der Waals surface area contributed by atoms with Crippen LogP contribution in [-0.4, -0.2) is 5.91 Å². The van der Waals surface area contributed by atoms with Gasteiger partial charge in [0, 0.05) is 5.69 Å². The molecule has 2 aromatic carbocycles. The van der Waals surface area contributed by atoms with Crippen molar-refractivity contribution in [1.29, 1.82) is 0 Å². The predicted octanol–water partition coefficient (Wildman–Crippen LogP) is 4.98. The molecule has 3 rings (SSSR count). The maximum atomic E-state index is 12.6. The van der Waals surface area contributed by atoms with Crippen molar-refractivity contribution in [2.24, 2.45) is 5.92 Å². The minimum Gasteiger partial charge on any atom is -0.326 e. The van der Waals surface area contributed by atoms with Gasteiger partial charge in [-0.2, -0.15) is 0 Å². The first kappa shape index (κ1) is 15.5. The Morgan fingerprint density at radius 2 is 1.70 bits per heavy atom. The molecule has 0 radical (unpaired) electrons. The Balaban J connectivity index is 1.69. The van der Waals surface area contributed by atoms with E-state index in [1.54, 1.807) is 0 Å². The first-order valence-corrected chi connectivity index (χ1v) is 8.42. The summed E-state index contributed by atoms with van der Waals surface area (Å²) in [4.78, 5) is 12.6. The Labute approximate surface area is 138 Å². The molecular formula is C21H23NO. The van der Waals surface area contributed by atoms with E-state index >= 15 is 0 Å². The van der Waals surface area contributed by atoms with E-state index in [9.17, 15) is 4.79 Å². The molecule has 1 amide bonds. The predicted molar refractivity (Wildman–Crippen MR) is 95.3 cm³/mol. The first-order valence-electron chi connectivity index (χ1n) is 8.42. The van der Waals surface area contributed by atoms with Crippen molar-refractivity contribution in [2.75, 3.05) is 5.32 Å². The lowest BCUT2D eigenvalue weighted by atomic mass is 9.82. The molecule has 1 atom stereocenters. The van der Waals surface area contributed by atoms with Crippen molar-refractivity contribution in [2.45, 2.75) is 32.1 Å². The van der Waals surface area contributed by atoms with Crippen LogP contribution in [-0.2, 0) is 11.2 Å². The number of carbonyl (C=O) groups excluding carboxylic acids is 1. The molecule has 1 aliphatic rings. The van der Waals surface area contributed by atoms with Crippen LogP contribution in [0.15, 0.2) is 72.3 Å². The molecule has 1 unspecified atom stereocenters. The average molecular weight is 305 g/mol. The van der Waals surface area contributed by atoms with E-state index in [0.29, 0.717) is 0 Å². The van der Waals surface area contributed by atoms with E-state index in [4.69, 9.17) is 0 Å². The van der Waals surface area contributed by atoms with E-state index in [2.05, 4.69) is 35.7 Å². The van der Waals surface area contributed by atoms with E-state index < -0.39 is 0 Å². The molecule has 23 heavy (non-hydrogen) atoms. The van der Waals surface area contributed by atoms with Crippen LogP contribution in [0.5, 0.6) is 0 Å². The lowest BCUT2D eigenvalue weighted by molar-refractivity contribution is -0.119. The summed E-state index contributed by atoms with van der Waals surface area (Å²) < 4.78 is 0. The Bertz CT molecular complexity index is 661. The summed E-state index contributed by atoms with van der Waals surface area (Å²) in [6, 6.07) is 20.2. The lowest BCUT2D eigenvalue weighted by Gasteiger charge is -2.25. The normalized spacial score (nSPS) is 19.5. The van der Waals surface area contributed by atoms with Crippen LogP contribution in [0.1, 0.15) is 31.2 Å². The van der Waals surface area contributed by atoms with E-state index in [1.165, 1.54) is 17.6 Å². The molecule has 0 saturated heterocycles. The van der Waals surface area contributed by atoms with E-state index in [0.717, 1.165) is 31.4 Å². The second kappa shape index (κ2) is 7.77. The molecule has 1 aliphatic carbocycles. The first-order chi connectivity index (χ1) is 11.3. The van der Waals surface area contributed by atoms with Gasteiger partial charge in [-0.3, -0.25) is 4.79 Å². The van der Waals surface area contributed by atoms with E-state index in [1.807, 2.05) is 36.4 Å². The molecule has 2 nitrogen and oxygen atoms in total. The molecule has 1 fully saturated rings. The zero-order valence-electron chi connectivity index (χ0n) is 13.4. The van der Waals surface area contributed by atoms with Crippen molar-refractivity contribution in [3.8, 4) is 0 Å². The van der Waals surface area contributed by atoms with Gasteiger partial charge >= 0.3 is 0 Å². The number of allylic oxidation sites excluding steroid dienone is 1. The van der Waals surface area contributed by atoms with Crippen molar-refractivity contribution < 1.29 is 4.79 Å². The van der Waals surface area contributed by atoms with E-state index in [-0.39, 0.29) is 11.8 Å². The second-order valence-electron chi connectivity index (χ2n) is 6.12. The molecule has 0 heterocycles. The molecule has 2 heteroatoms. The Morgan fingerprint density at radius 3 is 2.43 bits per heavy atom. The van der Waals surface area contributed by atoms with Crippen molar-refractivity contribution in [1.82, 2.24) is 0 Å². The zero-order valence-corrected chi connectivity index (χ0v) is 13.4. The Hall–Kier alpha value is -2.35. The van der Waals surface area contributed by atoms with Crippen LogP contribution in [0.2, 0.25) is 0 Å². The summed E-state index contributed by atoms with van der Waals surface area (Å²) in [5.41, 5.74) is 3.48. The van der Waals surface area contributed by atoms with Gasteiger partial charge in [0.2, 0.25) is 5.91 Å². The van der Waals surface area contributed by atoms with Crippen LogP contribution in [0.3, 0.4) is 0 Å². The number of anilines is 1. The van der Waals surface area contributed by atoms with Gasteiger partial charge in [0.05, 0.1) is 5.92 Å². The summed E-state index contributed by atoms with van der Waals surface area (Å²) in [5.74, 6) is 0.155. The van der Waals surface area contributed by atoms with Crippen molar-refractivity contribution in [3.05, 3.63) is 77.9 Å². The quantitative estimate of drug-likeness (QED) is 0.793. The van der Waals surface area contributed by atoms with Crippen molar-refractivity contribution in [3.63, 3.8) is 0 Å². The highest BCUT2D eigenvalue weighted by Crippen LogP contribution is 2.30. The number of rotatable bonds is 4. The number of hydrogen-bond donors (Lipinski definition) is 1. The number of para-hydroxylation sites is 1. The van der Waals surface area contributed by atoms with Gasteiger partial charge < -0.3 is 5.32 Å². The molecule has 0 bridgehead atoms. The third-order valence-electron chi connectivity index (χ3n) is 4.46. The van der Waals surface area contributed by atoms with Crippen molar-refractivity contribution >= 4 is 11.6 Å². The van der Waals surface area contributed by atoms with Gasteiger partial charge in [-0.25, -0.2) is 0 Å². The van der Waals surface area contributed by atoms with Crippen LogP contribution >= 0.6 is 0 Å². The highest BCUT2D eigenvalue weighted by Gasteiger charge is 2.25. The van der Waals surface area contributed by atoms with Crippen LogP contribution < -0.4 is 5.32 Å². The number of benzene rings is 2. The standard InChI is InChI=1S/C21H23NO/c23-21(22-19-12-5-2-6-13-19)20-14-8-7-11-18(20)16-15-17-9-3-1-4-10-17/h1-6,9-10,12-13,16,20H,7-8,11,14-15H2,(H,22,23). The maximum absolute atomic E-state index is 12.6. The fourth-order valence-corrected chi connectivity index (χ4v) is 3.19. The average Bonchev–Trinajstić information content (AvgIpc) is 2.62. The highest BCUT2D eigenvalue weighted by molar-refractivity contribution is 5.94.